The number of nitrogens with zero attached hydrogens (tertiary/aromatic N) is 1. The molecule has 1 aliphatic rings. The molecule has 1 aromatic heterocycles. The molecule has 49 heavy (non-hydrogen) atoms. The van der Waals surface area contributed by atoms with Crippen molar-refractivity contribution in [2.45, 2.75) is 19.3 Å². The van der Waals surface area contributed by atoms with Gasteiger partial charge in [-0.25, -0.2) is 0 Å². The number of hydrogen-bond donors (Lipinski definition) is 0. The average molecular weight is 691 g/mol. The van der Waals surface area contributed by atoms with E-state index in [-0.39, 0.29) is 19.9 Å². The topological polar surface area (TPSA) is 3.24 Å². The molecule has 0 fully saturated rings. The quantitative estimate of drug-likeness (QED) is 0.131. The van der Waals surface area contributed by atoms with Crippen LogP contribution in [-0.4, -0.2) is 14.5 Å². The summed E-state index contributed by atoms with van der Waals surface area (Å²) in [6.45, 7) is 4.75. The van der Waals surface area contributed by atoms with E-state index < -0.39 is 0 Å². The van der Waals surface area contributed by atoms with Gasteiger partial charge < -0.3 is 0 Å². The van der Waals surface area contributed by atoms with Crippen LogP contribution < -0.4 is 4.90 Å². The van der Waals surface area contributed by atoms with Crippen molar-refractivity contribution in [1.29, 1.82) is 0 Å². The van der Waals surface area contributed by atoms with Gasteiger partial charge in [-0.3, -0.25) is 0 Å². The Morgan fingerprint density at radius 1 is 0.469 bits per heavy atom. The van der Waals surface area contributed by atoms with E-state index >= 15 is 0 Å². The van der Waals surface area contributed by atoms with Gasteiger partial charge in [0.1, 0.15) is 0 Å². The van der Waals surface area contributed by atoms with Gasteiger partial charge in [0.15, 0.2) is 0 Å². The third-order valence-corrected chi connectivity index (χ3v) is 13.1. The van der Waals surface area contributed by atoms with Crippen LogP contribution in [0.3, 0.4) is 0 Å². The molecule has 0 saturated heterocycles. The third-order valence-electron chi connectivity index (χ3n) is 10.6. The number of anilines is 3. The predicted octanol–water partition coefficient (Wildman–Crippen LogP) is 12.8. The van der Waals surface area contributed by atoms with Gasteiger partial charge in [-0.15, -0.1) is 0 Å². The maximum atomic E-state index is 2.54. The van der Waals surface area contributed by atoms with Gasteiger partial charge in [0.05, 0.1) is 0 Å². The van der Waals surface area contributed by atoms with Crippen molar-refractivity contribution < 1.29 is 0 Å². The van der Waals surface area contributed by atoms with E-state index in [1.165, 1.54) is 91.3 Å². The minimum atomic E-state index is -0.0964. The van der Waals surface area contributed by atoms with Crippen LogP contribution in [0.25, 0.3) is 63.1 Å². The monoisotopic (exact) mass is 691 g/mol. The van der Waals surface area contributed by atoms with Gasteiger partial charge in [0, 0.05) is 0 Å². The average Bonchev–Trinajstić information content (AvgIpc) is 3.65. The van der Waals surface area contributed by atoms with Crippen LogP contribution in [0.2, 0.25) is 0 Å². The summed E-state index contributed by atoms with van der Waals surface area (Å²) < 4.78 is 2.93. The van der Waals surface area contributed by atoms with Gasteiger partial charge in [-0.1, -0.05) is 0 Å². The van der Waals surface area contributed by atoms with E-state index in [4.69, 9.17) is 0 Å². The third kappa shape index (κ3) is 4.25. The van der Waals surface area contributed by atoms with Crippen molar-refractivity contribution in [3.05, 3.63) is 175 Å². The van der Waals surface area contributed by atoms with E-state index in [1.807, 2.05) is 0 Å². The van der Waals surface area contributed by atoms with Crippen molar-refractivity contribution in [3.63, 3.8) is 0 Å². The van der Waals surface area contributed by atoms with Gasteiger partial charge in [-0.05, 0) is 0 Å². The zero-order valence-electron chi connectivity index (χ0n) is 27.4. The molecule has 0 atom stereocenters. The fraction of sp³-hybridized carbons (Fsp3) is 0.0638. The summed E-state index contributed by atoms with van der Waals surface area (Å²) in [5, 5.41) is 8.10. The summed E-state index contributed by atoms with van der Waals surface area (Å²) in [6, 6.07) is 60.9. The van der Waals surface area contributed by atoms with Gasteiger partial charge in [0.25, 0.3) is 0 Å². The van der Waals surface area contributed by atoms with Gasteiger partial charge >= 0.3 is 294 Å². The molecule has 0 N–H and O–H groups in total. The number of hydrogen-bond acceptors (Lipinski definition) is 1. The van der Waals surface area contributed by atoms with Crippen molar-refractivity contribution in [2.24, 2.45) is 0 Å². The number of para-hydroxylation sites is 1. The number of benzene rings is 8. The Labute approximate surface area is 292 Å². The molecule has 2 heteroatoms. The Morgan fingerprint density at radius 3 is 2.06 bits per heavy atom. The fourth-order valence-corrected chi connectivity index (χ4v) is 11.0. The van der Waals surface area contributed by atoms with E-state index in [2.05, 4.69) is 183 Å². The molecule has 0 unspecified atom stereocenters. The fourth-order valence-electron chi connectivity index (χ4n) is 8.31. The molecule has 9 aromatic rings. The van der Waals surface area contributed by atoms with Crippen LogP contribution in [0.15, 0.2) is 164 Å². The molecule has 0 radical (unpaired) electrons. The minimum absolute atomic E-state index is 0.0964. The van der Waals surface area contributed by atoms with Crippen LogP contribution in [0.1, 0.15) is 25.0 Å². The SMILES string of the molecule is CC1(C)c2ccccc2-c2ccc(N(c3ccccc3-c3ccccc3)c3cccc4[se]c5c(ccc6ccc7ccccc7c65)c34)cc21. The zero-order chi connectivity index (χ0) is 32.7. The van der Waals surface area contributed by atoms with Crippen LogP contribution in [0.4, 0.5) is 17.1 Å². The molecule has 0 aliphatic heterocycles. The molecular weight excluding hydrogens is 657 g/mol. The molecule has 10 rings (SSSR count). The first kappa shape index (κ1) is 28.6. The molecule has 0 saturated carbocycles. The Bertz CT molecular complexity index is 2750. The molecule has 0 amide bonds. The van der Waals surface area contributed by atoms with Crippen molar-refractivity contribution in [3.8, 4) is 22.3 Å². The van der Waals surface area contributed by atoms with Crippen LogP contribution >= 0.6 is 0 Å². The van der Waals surface area contributed by atoms with E-state index in [0.29, 0.717) is 0 Å². The number of rotatable bonds is 4. The van der Waals surface area contributed by atoms with Crippen molar-refractivity contribution in [2.75, 3.05) is 4.90 Å². The summed E-state index contributed by atoms with van der Waals surface area (Å²) in [4.78, 5) is 2.54. The predicted molar refractivity (Wildman–Crippen MR) is 211 cm³/mol. The molecule has 232 valence electrons. The van der Waals surface area contributed by atoms with Crippen LogP contribution in [0, 0.1) is 0 Å². The maximum absolute atomic E-state index is 2.54. The van der Waals surface area contributed by atoms with Gasteiger partial charge in [-0.2, -0.15) is 0 Å². The van der Waals surface area contributed by atoms with E-state index in [1.54, 1.807) is 0 Å². The van der Waals surface area contributed by atoms with E-state index in [0.717, 1.165) is 0 Å². The summed E-state index contributed by atoms with van der Waals surface area (Å²) in [5.41, 5.74) is 11.4. The first-order valence-corrected chi connectivity index (χ1v) is 18.7. The summed E-state index contributed by atoms with van der Waals surface area (Å²) in [7, 11) is 0. The normalized spacial score (nSPS) is 13.3. The summed E-state index contributed by atoms with van der Waals surface area (Å²) >= 11 is 0.177. The Balaban J connectivity index is 1.29. The molecule has 1 heterocycles. The molecule has 1 aliphatic carbocycles. The standard InChI is InChI=1S/C47H33NSe/c1-47(2)39-19-10-8-18-36(39)37-28-26-33(29-40(37)47)48(41-20-11-9-16-34(41)30-13-4-3-5-14-30)42-21-12-22-43-45(42)38-27-25-32-24-23-31-15-6-7-17-35(31)44(32)46(38)49-43/h3-29H,1-2H3. The van der Waals surface area contributed by atoms with Gasteiger partial charge in [0.2, 0.25) is 0 Å². The first-order valence-electron chi connectivity index (χ1n) is 17.0. The van der Waals surface area contributed by atoms with E-state index in [9.17, 15) is 0 Å². The first-order chi connectivity index (χ1) is 24.1. The molecule has 0 spiro atoms. The Morgan fingerprint density at radius 2 is 1.16 bits per heavy atom. The zero-order valence-corrected chi connectivity index (χ0v) is 29.2. The molecule has 8 aromatic carbocycles. The molecule has 1 nitrogen and oxygen atoms in total. The second kappa shape index (κ2) is 10.8. The molecule has 0 bridgehead atoms. The Kier molecular flexibility index (Phi) is 6.31. The summed E-state index contributed by atoms with van der Waals surface area (Å²) in [5.74, 6) is 0. The summed E-state index contributed by atoms with van der Waals surface area (Å²) in [6.07, 6.45) is 0. The van der Waals surface area contributed by atoms with Crippen molar-refractivity contribution in [1.82, 2.24) is 0 Å². The van der Waals surface area contributed by atoms with Crippen LogP contribution in [0.5, 0.6) is 0 Å². The van der Waals surface area contributed by atoms with Crippen LogP contribution in [-0.2, 0) is 5.41 Å². The Hall–Kier alpha value is -5.40. The van der Waals surface area contributed by atoms with Crippen molar-refractivity contribution >= 4 is 72.4 Å². The second-order valence-electron chi connectivity index (χ2n) is 13.7. The molecular formula is C47H33NSe. The number of fused-ring (bicyclic) bond motifs is 10. The second-order valence-corrected chi connectivity index (χ2v) is 15.9.